The van der Waals surface area contributed by atoms with Gasteiger partial charge in [0.15, 0.2) is 0 Å². The number of amides is 1. The predicted octanol–water partition coefficient (Wildman–Crippen LogP) is 2.65. The quantitative estimate of drug-likeness (QED) is 0.856. The highest BCUT2D eigenvalue weighted by atomic mass is 16.2. The van der Waals surface area contributed by atoms with E-state index in [2.05, 4.69) is 10.1 Å². The molecule has 2 aromatic carbocycles. The van der Waals surface area contributed by atoms with Crippen LogP contribution in [0.2, 0.25) is 0 Å². The Bertz CT molecular complexity index is 796. The molecule has 1 unspecified atom stereocenters. The third-order valence-corrected chi connectivity index (χ3v) is 4.13. The molecule has 2 aliphatic rings. The van der Waals surface area contributed by atoms with E-state index in [1.165, 1.54) is 5.01 Å². The Morgan fingerprint density at radius 3 is 2.32 bits per heavy atom. The molecule has 0 bridgehead atoms. The lowest BCUT2D eigenvalue weighted by Crippen LogP contribution is -2.38. The zero-order valence-corrected chi connectivity index (χ0v) is 12.2. The summed E-state index contributed by atoms with van der Waals surface area (Å²) in [5, 5.41) is 5.97. The maximum Gasteiger partial charge on any atom is 0.283 e. The van der Waals surface area contributed by atoms with E-state index in [-0.39, 0.29) is 5.91 Å². The summed E-state index contributed by atoms with van der Waals surface area (Å²) >= 11 is 0. The average molecular weight is 289 g/mol. The van der Waals surface area contributed by atoms with Crippen LogP contribution in [-0.4, -0.2) is 27.9 Å². The van der Waals surface area contributed by atoms with Crippen molar-refractivity contribution in [2.75, 3.05) is 0 Å². The number of aliphatic imine (C=N–C) groups is 1. The third kappa shape index (κ3) is 1.80. The van der Waals surface area contributed by atoms with Crippen molar-refractivity contribution in [1.29, 1.82) is 0 Å². The van der Waals surface area contributed by atoms with Gasteiger partial charge in [-0.3, -0.25) is 9.79 Å². The average Bonchev–Trinajstić information content (AvgIpc) is 3.27. The molecule has 0 aliphatic carbocycles. The summed E-state index contributed by atoms with van der Waals surface area (Å²) in [7, 11) is 0. The molecular weight excluding hydrogens is 274 g/mol. The highest BCUT2D eigenvalue weighted by molar-refractivity contribution is 6.45. The van der Waals surface area contributed by atoms with Crippen molar-refractivity contribution in [3.05, 3.63) is 71.8 Å². The largest absolute Gasteiger partial charge is 0.283 e. The maximum atomic E-state index is 12.8. The number of carbonyl (C=O) groups excluding carboxylic acids is 1. The molecule has 0 fully saturated rings. The second-order valence-electron chi connectivity index (χ2n) is 5.57. The molecule has 4 heteroatoms. The molecule has 2 aliphatic heterocycles. The molecule has 0 N–H and O–H groups in total. The number of rotatable bonds is 3. The molecule has 4 rings (SSSR count). The third-order valence-electron chi connectivity index (χ3n) is 4.13. The number of nitrogens with zero attached hydrogens (tertiary/aromatic N) is 3. The van der Waals surface area contributed by atoms with Gasteiger partial charge in [-0.15, -0.1) is 0 Å². The van der Waals surface area contributed by atoms with E-state index < -0.39 is 5.54 Å². The molecule has 1 amide bonds. The van der Waals surface area contributed by atoms with Crippen LogP contribution < -0.4 is 0 Å². The van der Waals surface area contributed by atoms with Crippen molar-refractivity contribution in [1.82, 2.24) is 5.01 Å². The monoisotopic (exact) mass is 289 g/mol. The standard InChI is InChI=1S/C18H15N3O/c1-13-18(16(19-18)15-10-6-3-7-11-15)17(22)21(20-13)12-14-8-4-2-5-9-14/h2-11H,12H2,1H3. The lowest BCUT2D eigenvalue weighted by molar-refractivity contribution is -0.130. The molecule has 0 saturated heterocycles. The maximum absolute atomic E-state index is 12.8. The molecule has 0 aromatic heterocycles. The van der Waals surface area contributed by atoms with Crippen LogP contribution in [0.15, 0.2) is 70.8 Å². The van der Waals surface area contributed by atoms with Crippen molar-refractivity contribution in [3.8, 4) is 0 Å². The van der Waals surface area contributed by atoms with Gasteiger partial charge in [-0.25, -0.2) is 5.01 Å². The fraction of sp³-hybridized carbons (Fsp3) is 0.167. The van der Waals surface area contributed by atoms with Crippen LogP contribution in [0, 0.1) is 0 Å². The van der Waals surface area contributed by atoms with Gasteiger partial charge >= 0.3 is 0 Å². The molecule has 1 atom stereocenters. The van der Waals surface area contributed by atoms with Crippen LogP contribution in [0.25, 0.3) is 0 Å². The summed E-state index contributed by atoms with van der Waals surface area (Å²) in [6.07, 6.45) is 0. The van der Waals surface area contributed by atoms with E-state index in [0.29, 0.717) is 6.54 Å². The Morgan fingerprint density at radius 1 is 1.00 bits per heavy atom. The van der Waals surface area contributed by atoms with E-state index in [9.17, 15) is 4.79 Å². The van der Waals surface area contributed by atoms with Crippen molar-refractivity contribution >= 4 is 17.3 Å². The van der Waals surface area contributed by atoms with Gasteiger partial charge in [0.1, 0.15) is 0 Å². The highest BCUT2D eigenvalue weighted by Crippen LogP contribution is 2.40. The minimum atomic E-state index is -0.837. The predicted molar refractivity (Wildman–Crippen MR) is 85.8 cm³/mol. The van der Waals surface area contributed by atoms with Gasteiger partial charge in [-0.1, -0.05) is 60.7 Å². The second-order valence-corrected chi connectivity index (χ2v) is 5.57. The fourth-order valence-electron chi connectivity index (χ4n) is 2.91. The Hall–Kier alpha value is -2.75. The zero-order chi connectivity index (χ0) is 15.2. The molecule has 2 heterocycles. The molecule has 0 radical (unpaired) electrons. The Labute approximate surface area is 128 Å². The van der Waals surface area contributed by atoms with Gasteiger partial charge in [-0.2, -0.15) is 5.10 Å². The van der Waals surface area contributed by atoms with Crippen LogP contribution >= 0.6 is 0 Å². The van der Waals surface area contributed by atoms with E-state index in [1.54, 1.807) is 0 Å². The smallest absolute Gasteiger partial charge is 0.269 e. The van der Waals surface area contributed by atoms with Gasteiger partial charge in [0.05, 0.1) is 18.0 Å². The van der Waals surface area contributed by atoms with Gasteiger partial charge in [0, 0.05) is 0 Å². The summed E-state index contributed by atoms with van der Waals surface area (Å²) in [5.41, 5.74) is 2.80. The minimum absolute atomic E-state index is 0.0484. The molecule has 4 nitrogen and oxygen atoms in total. The van der Waals surface area contributed by atoms with E-state index in [0.717, 1.165) is 22.6 Å². The Balaban J connectivity index is 1.58. The zero-order valence-electron chi connectivity index (χ0n) is 12.2. The summed E-state index contributed by atoms with van der Waals surface area (Å²) in [6, 6.07) is 19.7. The van der Waals surface area contributed by atoms with Gasteiger partial charge in [-0.05, 0) is 18.1 Å². The van der Waals surface area contributed by atoms with Crippen molar-refractivity contribution in [2.24, 2.45) is 10.1 Å². The number of hydrogen-bond acceptors (Lipinski definition) is 3. The van der Waals surface area contributed by atoms with Crippen LogP contribution in [0.3, 0.4) is 0 Å². The topological polar surface area (TPSA) is 45.0 Å². The minimum Gasteiger partial charge on any atom is -0.269 e. The number of benzene rings is 2. The lowest BCUT2D eigenvalue weighted by Gasteiger charge is -2.13. The molecule has 2 aromatic rings. The fourth-order valence-corrected chi connectivity index (χ4v) is 2.91. The molecule has 22 heavy (non-hydrogen) atoms. The van der Waals surface area contributed by atoms with Gasteiger partial charge in [0.2, 0.25) is 5.54 Å². The molecular formula is C18H15N3O. The first-order valence-electron chi connectivity index (χ1n) is 7.29. The van der Waals surface area contributed by atoms with Crippen LogP contribution in [-0.2, 0) is 11.3 Å². The van der Waals surface area contributed by atoms with Crippen LogP contribution in [0.4, 0.5) is 0 Å². The Morgan fingerprint density at radius 2 is 1.64 bits per heavy atom. The number of hydrazone groups is 1. The van der Waals surface area contributed by atoms with Gasteiger partial charge in [0.25, 0.3) is 5.91 Å². The van der Waals surface area contributed by atoms with Crippen molar-refractivity contribution < 1.29 is 4.79 Å². The first-order valence-corrected chi connectivity index (χ1v) is 7.29. The van der Waals surface area contributed by atoms with Crippen LogP contribution in [0.5, 0.6) is 0 Å². The van der Waals surface area contributed by atoms with E-state index >= 15 is 0 Å². The molecule has 108 valence electrons. The van der Waals surface area contributed by atoms with Gasteiger partial charge < -0.3 is 0 Å². The van der Waals surface area contributed by atoms with Crippen molar-refractivity contribution in [2.45, 2.75) is 19.0 Å². The molecule has 0 saturated carbocycles. The summed E-state index contributed by atoms with van der Waals surface area (Å²) in [6.45, 7) is 2.36. The summed E-state index contributed by atoms with van der Waals surface area (Å²) in [4.78, 5) is 17.3. The summed E-state index contributed by atoms with van der Waals surface area (Å²) in [5.74, 6) is -0.0484. The SMILES string of the molecule is CC1=NN(Cc2ccccc2)C(=O)C12N=C2c1ccccc1. The lowest BCUT2D eigenvalue weighted by atomic mass is 9.94. The molecule has 1 spiro atoms. The van der Waals surface area contributed by atoms with Crippen molar-refractivity contribution in [3.63, 3.8) is 0 Å². The van der Waals surface area contributed by atoms with Crippen LogP contribution in [0.1, 0.15) is 18.1 Å². The number of carbonyl (C=O) groups is 1. The summed E-state index contributed by atoms with van der Waals surface area (Å²) < 4.78 is 0. The first-order chi connectivity index (χ1) is 10.7. The number of hydrogen-bond donors (Lipinski definition) is 0. The normalized spacial score (nSPS) is 22.8. The second kappa shape index (κ2) is 4.63. The Kier molecular flexibility index (Phi) is 2.73. The van der Waals surface area contributed by atoms with E-state index in [4.69, 9.17) is 0 Å². The van der Waals surface area contributed by atoms with E-state index in [1.807, 2.05) is 67.6 Å². The first kappa shape index (κ1) is 13.0. The highest BCUT2D eigenvalue weighted by Gasteiger charge is 2.62.